The van der Waals surface area contributed by atoms with Crippen LogP contribution in [0, 0.1) is 0 Å². The average Bonchev–Trinajstić information content (AvgIpc) is 1.87. The van der Waals surface area contributed by atoms with Gasteiger partial charge in [0.2, 0.25) is 0 Å². The van der Waals surface area contributed by atoms with E-state index in [9.17, 15) is 0 Å². The molecule has 0 aromatic rings. The summed E-state index contributed by atoms with van der Waals surface area (Å²) in [6.07, 6.45) is 5.35. The number of unbranched alkanes of at least 4 members (excludes halogenated alkanes) is 2. The molecular formula is C10H23N. The minimum atomic E-state index is 0.351. The molecule has 0 aliphatic heterocycles. The smallest absolute Gasteiger partial charge is 0.0125 e. The summed E-state index contributed by atoms with van der Waals surface area (Å²) >= 11 is 0. The highest BCUT2D eigenvalue weighted by Gasteiger charge is 2.13. The van der Waals surface area contributed by atoms with Crippen molar-refractivity contribution in [1.29, 1.82) is 0 Å². The quantitative estimate of drug-likeness (QED) is 0.584. The molecule has 1 nitrogen and oxygen atoms in total. The summed E-state index contributed by atoms with van der Waals surface area (Å²) in [6.45, 7) is 10.1. The van der Waals surface area contributed by atoms with Crippen molar-refractivity contribution in [2.45, 2.75) is 58.9 Å². The summed E-state index contributed by atoms with van der Waals surface area (Å²) in [5.41, 5.74) is 0.351. The van der Waals surface area contributed by atoms with Crippen LogP contribution in [0.3, 0.4) is 0 Å². The number of hydrogen-bond acceptors (Lipinski definition) is 1. The van der Waals surface area contributed by atoms with E-state index in [-0.39, 0.29) is 0 Å². The number of nitrogens with one attached hydrogen (secondary N) is 1. The molecule has 0 rings (SSSR count). The Balaban J connectivity index is 3.38. The van der Waals surface area contributed by atoms with Crippen LogP contribution in [0.15, 0.2) is 0 Å². The summed E-state index contributed by atoms with van der Waals surface area (Å²) in [6, 6.07) is 0. The highest BCUT2D eigenvalue weighted by molar-refractivity contribution is 4.75. The van der Waals surface area contributed by atoms with Gasteiger partial charge in [-0.3, -0.25) is 0 Å². The van der Waals surface area contributed by atoms with E-state index in [1.54, 1.807) is 0 Å². The molecule has 0 fully saturated rings. The second-order valence-corrected chi connectivity index (χ2v) is 3.87. The molecule has 11 heavy (non-hydrogen) atoms. The predicted molar refractivity (Wildman–Crippen MR) is 51.9 cm³/mol. The first kappa shape index (κ1) is 11.0. The Morgan fingerprint density at radius 1 is 1.09 bits per heavy atom. The Kier molecular flexibility index (Phi) is 5.57. The van der Waals surface area contributed by atoms with Crippen LogP contribution in [0.4, 0.5) is 0 Å². The third-order valence-corrected chi connectivity index (χ3v) is 2.06. The monoisotopic (exact) mass is 157 g/mol. The largest absolute Gasteiger partial charge is 0.312 e. The third kappa shape index (κ3) is 6.36. The van der Waals surface area contributed by atoms with Crippen LogP contribution in [-0.2, 0) is 0 Å². The molecule has 0 aromatic carbocycles. The van der Waals surface area contributed by atoms with Crippen LogP contribution in [-0.4, -0.2) is 12.1 Å². The molecular weight excluding hydrogens is 134 g/mol. The molecule has 0 bridgehead atoms. The minimum Gasteiger partial charge on any atom is -0.312 e. The van der Waals surface area contributed by atoms with Crippen molar-refractivity contribution in [3.05, 3.63) is 0 Å². The fourth-order valence-corrected chi connectivity index (χ4v) is 1.38. The van der Waals surface area contributed by atoms with Crippen molar-refractivity contribution >= 4 is 0 Å². The van der Waals surface area contributed by atoms with E-state index < -0.39 is 0 Å². The van der Waals surface area contributed by atoms with E-state index in [4.69, 9.17) is 0 Å². The van der Waals surface area contributed by atoms with Crippen molar-refractivity contribution in [2.75, 3.05) is 6.54 Å². The van der Waals surface area contributed by atoms with Gasteiger partial charge in [-0.05, 0) is 26.8 Å². The van der Waals surface area contributed by atoms with Gasteiger partial charge in [0, 0.05) is 5.54 Å². The maximum Gasteiger partial charge on any atom is 0.0125 e. The van der Waals surface area contributed by atoms with E-state index >= 15 is 0 Å². The van der Waals surface area contributed by atoms with Gasteiger partial charge in [0.25, 0.3) is 0 Å². The van der Waals surface area contributed by atoms with Gasteiger partial charge in [0.1, 0.15) is 0 Å². The second kappa shape index (κ2) is 5.59. The molecule has 0 heterocycles. The van der Waals surface area contributed by atoms with Crippen molar-refractivity contribution in [3.63, 3.8) is 0 Å². The third-order valence-electron chi connectivity index (χ3n) is 2.06. The SMILES string of the molecule is CCCCCC(C)(C)NCC. The van der Waals surface area contributed by atoms with Crippen LogP contribution >= 0.6 is 0 Å². The zero-order valence-corrected chi connectivity index (χ0v) is 8.54. The van der Waals surface area contributed by atoms with Crippen molar-refractivity contribution in [1.82, 2.24) is 5.32 Å². The van der Waals surface area contributed by atoms with Gasteiger partial charge in [-0.2, -0.15) is 0 Å². The molecule has 0 aromatic heterocycles. The molecule has 0 saturated carbocycles. The van der Waals surface area contributed by atoms with Crippen LogP contribution < -0.4 is 5.32 Å². The topological polar surface area (TPSA) is 12.0 Å². The lowest BCUT2D eigenvalue weighted by Crippen LogP contribution is -2.38. The van der Waals surface area contributed by atoms with Gasteiger partial charge < -0.3 is 5.32 Å². The van der Waals surface area contributed by atoms with Crippen LogP contribution in [0.25, 0.3) is 0 Å². The first-order chi connectivity index (χ1) is 5.12. The zero-order valence-electron chi connectivity index (χ0n) is 8.54. The van der Waals surface area contributed by atoms with Gasteiger partial charge >= 0.3 is 0 Å². The molecule has 0 aliphatic rings. The zero-order chi connectivity index (χ0) is 8.74. The predicted octanol–water partition coefficient (Wildman–Crippen LogP) is 2.95. The maximum absolute atomic E-state index is 3.48. The van der Waals surface area contributed by atoms with Gasteiger partial charge in [0.15, 0.2) is 0 Å². The normalized spacial score (nSPS) is 12.0. The lowest BCUT2D eigenvalue weighted by molar-refractivity contribution is 0.357. The minimum absolute atomic E-state index is 0.351. The Morgan fingerprint density at radius 3 is 2.18 bits per heavy atom. The number of hydrogen-bond donors (Lipinski definition) is 1. The van der Waals surface area contributed by atoms with E-state index in [2.05, 4.69) is 33.0 Å². The molecule has 0 radical (unpaired) electrons. The van der Waals surface area contributed by atoms with Gasteiger partial charge in [0.05, 0.1) is 0 Å². The maximum atomic E-state index is 3.48. The summed E-state index contributed by atoms with van der Waals surface area (Å²) in [5.74, 6) is 0. The fraction of sp³-hybridized carbons (Fsp3) is 1.00. The van der Waals surface area contributed by atoms with E-state index in [0.29, 0.717) is 5.54 Å². The van der Waals surface area contributed by atoms with E-state index in [1.165, 1.54) is 25.7 Å². The second-order valence-electron chi connectivity index (χ2n) is 3.87. The molecule has 0 aliphatic carbocycles. The molecule has 0 spiro atoms. The lowest BCUT2D eigenvalue weighted by Gasteiger charge is -2.25. The lowest BCUT2D eigenvalue weighted by atomic mass is 9.97. The Morgan fingerprint density at radius 2 is 1.73 bits per heavy atom. The molecule has 68 valence electrons. The number of rotatable bonds is 6. The Bertz CT molecular complexity index is 86.9. The Labute approximate surface area is 71.6 Å². The van der Waals surface area contributed by atoms with Crippen molar-refractivity contribution in [3.8, 4) is 0 Å². The van der Waals surface area contributed by atoms with E-state index in [1.807, 2.05) is 0 Å². The summed E-state index contributed by atoms with van der Waals surface area (Å²) < 4.78 is 0. The van der Waals surface area contributed by atoms with Crippen LogP contribution in [0.2, 0.25) is 0 Å². The fourth-order valence-electron chi connectivity index (χ4n) is 1.38. The van der Waals surface area contributed by atoms with Gasteiger partial charge in [-0.15, -0.1) is 0 Å². The highest BCUT2D eigenvalue weighted by Crippen LogP contribution is 2.13. The summed E-state index contributed by atoms with van der Waals surface area (Å²) in [4.78, 5) is 0. The van der Waals surface area contributed by atoms with Gasteiger partial charge in [-0.25, -0.2) is 0 Å². The van der Waals surface area contributed by atoms with Crippen LogP contribution in [0.5, 0.6) is 0 Å². The Hall–Kier alpha value is -0.0400. The van der Waals surface area contributed by atoms with Crippen molar-refractivity contribution < 1.29 is 0 Å². The molecule has 1 N–H and O–H groups in total. The first-order valence-electron chi connectivity index (χ1n) is 4.87. The average molecular weight is 157 g/mol. The van der Waals surface area contributed by atoms with Crippen molar-refractivity contribution in [2.24, 2.45) is 0 Å². The van der Waals surface area contributed by atoms with Gasteiger partial charge in [-0.1, -0.05) is 33.1 Å². The molecule has 0 saturated heterocycles. The summed E-state index contributed by atoms with van der Waals surface area (Å²) in [5, 5.41) is 3.48. The molecule has 0 amide bonds. The van der Waals surface area contributed by atoms with Crippen LogP contribution in [0.1, 0.15) is 53.4 Å². The van der Waals surface area contributed by atoms with E-state index in [0.717, 1.165) is 6.54 Å². The molecule has 0 unspecified atom stereocenters. The highest BCUT2D eigenvalue weighted by atomic mass is 14.9. The molecule has 0 atom stereocenters. The standard InChI is InChI=1S/C10H23N/c1-5-7-8-9-10(3,4)11-6-2/h11H,5-9H2,1-4H3. The summed E-state index contributed by atoms with van der Waals surface area (Å²) in [7, 11) is 0. The first-order valence-corrected chi connectivity index (χ1v) is 4.87. The molecule has 1 heteroatoms.